The van der Waals surface area contributed by atoms with Crippen LogP contribution >= 0.6 is 23.7 Å². The monoisotopic (exact) mass is 345 g/mol. The molecule has 0 saturated carbocycles. The van der Waals surface area contributed by atoms with Gasteiger partial charge in [-0.15, -0.1) is 12.4 Å². The van der Waals surface area contributed by atoms with Crippen molar-refractivity contribution in [3.05, 3.63) is 22.4 Å². The molecule has 0 aliphatic carbocycles. The average molecular weight is 346 g/mol. The molecule has 0 spiro atoms. The summed E-state index contributed by atoms with van der Waals surface area (Å²) < 4.78 is 0. The number of amides is 2. The van der Waals surface area contributed by atoms with E-state index in [0.717, 1.165) is 19.4 Å². The van der Waals surface area contributed by atoms with Crippen molar-refractivity contribution in [3.8, 4) is 0 Å². The summed E-state index contributed by atoms with van der Waals surface area (Å²) >= 11 is 1.50. The fraction of sp³-hybridized carbons (Fsp3) is 0.600. The highest BCUT2D eigenvalue weighted by molar-refractivity contribution is 7.08. The summed E-state index contributed by atoms with van der Waals surface area (Å²) in [5, 5.41) is 13.0. The van der Waals surface area contributed by atoms with Gasteiger partial charge in [0.1, 0.15) is 0 Å². The van der Waals surface area contributed by atoms with Crippen LogP contribution in [-0.4, -0.2) is 37.0 Å². The molecule has 1 saturated heterocycles. The number of hydrogen-bond donors (Lipinski definition) is 3. The molecule has 1 aliphatic rings. The Kier molecular flexibility index (Phi) is 8.45. The molecular weight excluding hydrogens is 322 g/mol. The van der Waals surface area contributed by atoms with Crippen molar-refractivity contribution in [1.29, 1.82) is 0 Å². The number of rotatable bonds is 6. The molecule has 1 fully saturated rings. The Balaban J connectivity index is 0.00000242. The number of carbonyl (C=O) groups is 2. The van der Waals surface area contributed by atoms with Crippen LogP contribution in [0.5, 0.6) is 0 Å². The first-order chi connectivity index (χ1) is 10.2. The van der Waals surface area contributed by atoms with Gasteiger partial charge in [0, 0.05) is 36.0 Å². The molecule has 1 aromatic rings. The quantitative estimate of drug-likeness (QED) is 0.690. The maximum Gasteiger partial charge on any atom is 0.252 e. The summed E-state index contributed by atoms with van der Waals surface area (Å²) in [6.45, 7) is 3.66. The molecule has 1 aliphatic heterocycles. The van der Waals surface area contributed by atoms with Gasteiger partial charge in [0.05, 0.1) is 0 Å². The molecule has 2 rings (SSSR count). The summed E-state index contributed by atoms with van der Waals surface area (Å²) in [6, 6.07) is 2.36. The Morgan fingerprint density at radius 1 is 1.45 bits per heavy atom. The van der Waals surface area contributed by atoms with Crippen LogP contribution in [0, 0.1) is 0 Å². The summed E-state index contributed by atoms with van der Waals surface area (Å²) in [6.07, 6.45) is 3.25. The zero-order chi connectivity index (χ0) is 15.1. The molecule has 0 aromatic carbocycles. The molecule has 0 bridgehead atoms. The second-order valence-electron chi connectivity index (χ2n) is 5.43. The SMILES string of the molecule is CC1NCCCC1NC(=O)CCCNC(=O)c1ccsc1.Cl. The molecular formula is C15H24ClN3O2S. The fourth-order valence-electron chi connectivity index (χ4n) is 2.47. The number of piperidine rings is 1. The van der Waals surface area contributed by atoms with E-state index in [-0.39, 0.29) is 30.3 Å². The van der Waals surface area contributed by atoms with Crippen LogP contribution in [0.25, 0.3) is 0 Å². The number of hydrogen-bond acceptors (Lipinski definition) is 4. The Morgan fingerprint density at radius 2 is 2.27 bits per heavy atom. The van der Waals surface area contributed by atoms with E-state index >= 15 is 0 Å². The summed E-state index contributed by atoms with van der Waals surface area (Å²) in [7, 11) is 0. The Hall–Kier alpha value is -1.11. The minimum absolute atomic E-state index is 0. The molecule has 2 unspecified atom stereocenters. The first-order valence-corrected chi connectivity index (χ1v) is 8.44. The lowest BCUT2D eigenvalue weighted by Crippen LogP contribution is -2.51. The zero-order valence-electron chi connectivity index (χ0n) is 12.8. The molecule has 1 aromatic heterocycles. The van der Waals surface area contributed by atoms with Crippen molar-refractivity contribution < 1.29 is 9.59 Å². The molecule has 0 radical (unpaired) electrons. The van der Waals surface area contributed by atoms with Crippen molar-refractivity contribution >= 4 is 35.6 Å². The van der Waals surface area contributed by atoms with Crippen LogP contribution < -0.4 is 16.0 Å². The van der Waals surface area contributed by atoms with E-state index in [1.54, 1.807) is 6.07 Å². The highest BCUT2D eigenvalue weighted by Crippen LogP contribution is 2.08. The third-order valence-corrected chi connectivity index (χ3v) is 4.44. The van der Waals surface area contributed by atoms with Crippen LogP contribution in [0.1, 0.15) is 43.0 Å². The lowest BCUT2D eigenvalue weighted by molar-refractivity contribution is -0.122. The van der Waals surface area contributed by atoms with Crippen molar-refractivity contribution in [2.24, 2.45) is 0 Å². The third kappa shape index (κ3) is 5.94. The number of carbonyl (C=O) groups excluding carboxylic acids is 2. The topological polar surface area (TPSA) is 70.2 Å². The highest BCUT2D eigenvalue weighted by atomic mass is 35.5. The van der Waals surface area contributed by atoms with Crippen LogP contribution in [0.2, 0.25) is 0 Å². The molecule has 5 nitrogen and oxygen atoms in total. The summed E-state index contributed by atoms with van der Waals surface area (Å²) in [4.78, 5) is 23.6. The highest BCUT2D eigenvalue weighted by Gasteiger charge is 2.21. The van der Waals surface area contributed by atoms with Gasteiger partial charge in [-0.2, -0.15) is 11.3 Å². The third-order valence-electron chi connectivity index (χ3n) is 3.76. The zero-order valence-corrected chi connectivity index (χ0v) is 14.4. The lowest BCUT2D eigenvalue weighted by atomic mass is 10.00. The normalized spacial score (nSPS) is 20.8. The Labute approximate surface area is 141 Å². The second kappa shape index (κ2) is 9.82. The smallest absolute Gasteiger partial charge is 0.252 e. The van der Waals surface area contributed by atoms with Gasteiger partial charge in [-0.1, -0.05) is 0 Å². The Bertz CT molecular complexity index is 467. The van der Waals surface area contributed by atoms with Crippen molar-refractivity contribution in [3.63, 3.8) is 0 Å². The molecule has 2 atom stereocenters. The molecule has 3 N–H and O–H groups in total. The Morgan fingerprint density at radius 3 is 2.95 bits per heavy atom. The fourth-order valence-corrected chi connectivity index (χ4v) is 3.10. The lowest BCUT2D eigenvalue weighted by Gasteiger charge is -2.30. The van der Waals surface area contributed by atoms with Crippen LogP contribution in [0.3, 0.4) is 0 Å². The molecule has 2 heterocycles. The predicted octanol–water partition coefficient (Wildman–Crippen LogP) is 1.94. The van der Waals surface area contributed by atoms with E-state index in [1.807, 2.05) is 10.8 Å². The number of nitrogens with one attached hydrogen (secondary N) is 3. The van der Waals surface area contributed by atoms with Gasteiger partial charge in [-0.3, -0.25) is 9.59 Å². The first-order valence-electron chi connectivity index (χ1n) is 7.50. The molecule has 124 valence electrons. The van der Waals surface area contributed by atoms with Crippen LogP contribution in [0.4, 0.5) is 0 Å². The van der Waals surface area contributed by atoms with Crippen LogP contribution in [0.15, 0.2) is 16.8 Å². The van der Waals surface area contributed by atoms with Gasteiger partial charge in [0.25, 0.3) is 5.91 Å². The van der Waals surface area contributed by atoms with Gasteiger partial charge in [-0.05, 0) is 44.2 Å². The van der Waals surface area contributed by atoms with Gasteiger partial charge in [0.2, 0.25) is 5.91 Å². The first kappa shape index (κ1) is 18.9. The molecule has 2 amide bonds. The standard InChI is InChI=1S/C15H23N3O2S.ClH/c1-11-13(4-2-7-16-11)18-14(19)5-3-8-17-15(20)12-6-9-21-10-12;/h6,9-11,13,16H,2-5,7-8H2,1H3,(H,17,20)(H,18,19);1H. The maximum absolute atomic E-state index is 11.9. The maximum atomic E-state index is 11.9. The van der Waals surface area contributed by atoms with E-state index in [4.69, 9.17) is 0 Å². The van der Waals surface area contributed by atoms with E-state index in [0.29, 0.717) is 31.0 Å². The van der Waals surface area contributed by atoms with E-state index in [9.17, 15) is 9.59 Å². The van der Waals surface area contributed by atoms with Crippen LogP contribution in [-0.2, 0) is 4.79 Å². The number of halogens is 1. The molecule has 7 heteroatoms. The van der Waals surface area contributed by atoms with Gasteiger partial charge in [0.15, 0.2) is 0 Å². The molecule has 22 heavy (non-hydrogen) atoms. The van der Waals surface area contributed by atoms with E-state index < -0.39 is 0 Å². The van der Waals surface area contributed by atoms with Crippen molar-refractivity contribution in [2.75, 3.05) is 13.1 Å². The summed E-state index contributed by atoms with van der Waals surface area (Å²) in [5.41, 5.74) is 0.687. The minimum Gasteiger partial charge on any atom is -0.352 e. The number of thiophene rings is 1. The second-order valence-corrected chi connectivity index (χ2v) is 6.21. The van der Waals surface area contributed by atoms with Gasteiger partial charge < -0.3 is 16.0 Å². The van der Waals surface area contributed by atoms with Gasteiger partial charge in [-0.25, -0.2) is 0 Å². The largest absolute Gasteiger partial charge is 0.352 e. The minimum atomic E-state index is -0.0678. The van der Waals surface area contributed by atoms with Gasteiger partial charge >= 0.3 is 0 Å². The van der Waals surface area contributed by atoms with Crippen molar-refractivity contribution in [2.45, 2.75) is 44.7 Å². The van der Waals surface area contributed by atoms with E-state index in [1.165, 1.54) is 11.3 Å². The van der Waals surface area contributed by atoms with E-state index in [2.05, 4.69) is 22.9 Å². The van der Waals surface area contributed by atoms with Crippen molar-refractivity contribution in [1.82, 2.24) is 16.0 Å². The average Bonchev–Trinajstić information content (AvgIpc) is 3.00. The summed E-state index contributed by atoms with van der Waals surface area (Å²) in [5.74, 6) is 0.00194. The predicted molar refractivity (Wildman–Crippen MR) is 91.8 cm³/mol.